The summed E-state index contributed by atoms with van der Waals surface area (Å²) in [7, 11) is 1.26. The Balaban J connectivity index is 2.49. The Morgan fingerprint density at radius 2 is 2.12 bits per heavy atom. The lowest BCUT2D eigenvalue weighted by atomic mass is 10.1. The van der Waals surface area contributed by atoms with Crippen molar-refractivity contribution >= 4 is 35.2 Å². The molecule has 0 saturated carbocycles. The highest BCUT2D eigenvalue weighted by Gasteiger charge is 2.24. The van der Waals surface area contributed by atoms with Crippen molar-refractivity contribution in [3.05, 3.63) is 62.2 Å². The second-order valence-corrected chi connectivity index (χ2v) is 5.62. The number of methoxy groups -OCH3 is 1. The average molecular weight is 363 g/mol. The summed E-state index contributed by atoms with van der Waals surface area (Å²) < 4.78 is 5.08. The molecule has 2 aromatic carbocycles. The molecule has 25 heavy (non-hydrogen) atoms. The fraction of sp³-hybridized carbons (Fsp3) is 0.176. The molecule has 0 fully saturated rings. The van der Waals surface area contributed by atoms with Gasteiger partial charge in [-0.2, -0.15) is 0 Å². The Morgan fingerprint density at radius 3 is 2.68 bits per heavy atom. The number of aryl methyl sites for hydroxylation is 1. The minimum absolute atomic E-state index is 0.0849. The van der Waals surface area contributed by atoms with E-state index in [0.717, 1.165) is 5.56 Å². The van der Waals surface area contributed by atoms with Crippen LogP contribution >= 0.6 is 11.6 Å². The van der Waals surface area contributed by atoms with Gasteiger partial charge >= 0.3 is 11.7 Å². The highest BCUT2D eigenvalue weighted by Crippen LogP contribution is 2.34. The molecule has 2 rings (SSSR count). The predicted molar refractivity (Wildman–Crippen MR) is 94.4 cm³/mol. The fourth-order valence-electron chi connectivity index (χ4n) is 2.26. The number of ether oxygens (including phenoxy) is 1. The molecule has 2 aromatic rings. The van der Waals surface area contributed by atoms with Crippen LogP contribution in [0, 0.1) is 17.0 Å². The van der Waals surface area contributed by atoms with Crippen molar-refractivity contribution in [2.45, 2.75) is 13.3 Å². The maximum atomic E-state index is 11.4. The quantitative estimate of drug-likeness (QED) is 0.476. The molecule has 0 amide bonds. The van der Waals surface area contributed by atoms with Crippen LogP contribution in [0.25, 0.3) is 0 Å². The van der Waals surface area contributed by atoms with Crippen LogP contribution in [0.4, 0.5) is 11.4 Å². The van der Waals surface area contributed by atoms with Crippen molar-refractivity contribution in [1.82, 2.24) is 0 Å². The summed E-state index contributed by atoms with van der Waals surface area (Å²) in [4.78, 5) is 25.9. The van der Waals surface area contributed by atoms with Crippen molar-refractivity contribution in [2.75, 3.05) is 7.11 Å². The van der Waals surface area contributed by atoms with Gasteiger partial charge in [-0.3, -0.25) is 19.9 Å². The largest absolute Gasteiger partial charge is 0.490 e. The van der Waals surface area contributed by atoms with Crippen LogP contribution in [-0.2, 0) is 11.2 Å². The normalized spacial score (nSPS) is 10.8. The van der Waals surface area contributed by atoms with Gasteiger partial charge in [0.1, 0.15) is 0 Å². The number of carboxylic acids is 1. The number of aliphatic carboxylic acids is 1. The summed E-state index contributed by atoms with van der Waals surface area (Å²) in [6, 6.07) is 8.09. The van der Waals surface area contributed by atoms with Gasteiger partial charge in [0.25, 0.3) is 0 Å². The lowest BCUT2D eigenvalue weighted by Gasteiger charge is -2.09. The summed E-state index contributed by atoms with van der Waals surface area (Å²) in [6.45, 7) is 1.85. The molecule has 0 aromatic heterocycles. The van der Waals surface area contributed by atoms with Gasteiger partial charge in [0.2, 0.25) is 5.75 Å². The van der Waals surface area contributed by atoms with Crippen LogP contribution in [0.3, 0.4) is 0 Å². The molecule has 7 nitrogen and oxygen atoms in total. The molecule has 1 N–H and O–H groups in total. The fourth-order valence-corrected chi connectivity index (χ4v) is 2.43. The third kappa shape index (κ3) is 4.33. The number of rotatable bonds is 6. The van der Waals surface area contributed by atoms with E-state index in [-0.39, 0.29) is 29.0 Å². The Labute approximate surface area is 148 Å². The van der Waals surface area contributed by atoms with E-state index in [1.54, 1.807) is 18.2 Å². The van der Waals surface area contributed by atoms with Gasteiger partial charge in [0.15, 0.2) is 0 Å². The summed E-state index contributed by atoms with van der Waals surface area (Å²) in [6.07, 6.45) is 0.946. The third-order valence-electron chi connectivity index (χ3n) is 3.48. The van der Waals surface area contributed by atoms with Gasteiger partial charge in [-0.05, 0) is 30.7 Å². The Bertz CT molecular complexity index is 864. The molecule has 130 valence electrons. The standard InChI is InChI=1S/C17H15ClN2O5/c1-10-3-6-13(8-14(10)18)19-9-12-5-4-11(7-15(21)22)17(25-2)16(12)20(23)24/h3-6,8-9H,7H2,1-2H3,(H,21,22). The van der Waals surface area contributed by atoms with E-state index < -0.39 is 10.9 Å². The second kappa shape index (κ2) is 7.76. The molecule has 8 heteroatoms. The number of nitro groups is 1. The highest BCUT2D eigenvalue weighted by atomic mass is 35.5. The van der Waals surface area contributed by atoms with E-state index in [2.05, 4.69) is 4.99 Å². The molecule has 0 heterocycles. The van der Waals surface area contributed by atoms with Crippen LogP contribution < -0.4 is 4.74 Å². The van der Waals surface area contributed by atoms with Crippen molar-refractivity contribution < 1.29 is 19.6 Å². The van der Waals surface area contributed by atoms with Crippen LogP contribution in [0.15, 0.2) is 35.3 Å². The Morgan fingerprint density at radius 1 is 1.40 bits per heavy atom. The van der Waals surface area contributed by atoms with Gasteiger partial charge in [-0.1, -0.05) is 23.7 Å². The van der Waals surface area contributed by atoms with E-state index in [1.807, 2.05) is 6.92 Å². The zero-order chi connectivity index (χ0) is 18.6. The minimum atomic E-state index is -1.11. The molecule has 0 aliphatic heterocycles. The minimum Gasteiger partial charge on any atom is -0.490 e. The molecule has 0 aliphatic carbocycles. The first-order valence-corrected chi connectivity index (χ1v) is 7.57. The number of halogens is 1. The first-order chi connectivity index (χ1) is 11.8. The van der Waals surface area contributed by atoms with Gasteiger partial charge in [0.05, 0.1) is 29.7 Å². The summed E-state index contributed by atoms with van der Waals surface area (Å²) in [5, 5.41) is 20.9. The molecule has 0 unspecified atom stereocenters. The molecular formula is C17H15ClN2O5. The third-order valence-corrected chi connectivity index (χ3v) is 3.89. The van der Waals surface area contributed by atoms with Gasteiger partial charge in [-0.15, -0.1) is 0 Å². The molecule has 0 atom stereocenters. The van der Waals surface area contributed by atoms with Crippen molar-refractivity contribution in [2.24, 2.45) is 4.99 Å². The lowest BCUT2D eigenvalue weighted by Crippen LogP contribution is -2.06. The maximum absolute atomic E-state index is 11.4. The highest BCUT2D eigenvalue weighted by molar-refractivity contribution is 6.31. The van der Waals surface area contributed by atoms with E-state index in [4.69, 9.17) is 21.4 Å². The van der Waals surface area contributed by atoms with Crippen molar-refractivity contribution in [1.29, 1.82) is 0 Å². The smallest absolute Gasteiger partial charge is 0.319 e. The number of nitrogens with zero attached hydrogens (tertiary/aromatic N) is 2. The number of nitro benzene ring substituents is 1. The van der Waals surface area contributed by atoms with Crippen molar-refractivity contribution in [3.8, 4) is 5.75 Å². The van der Waals surface area contributed by atoms with Gasteiger partial charge in [-0.25, -0.2) is 0 Å². The van der Waals surface area contributed by atoms with E-state index in [9.17, 15) is 14.9 Å². The number of aliphatic imine (C=N–C) groups is 1. The SMILES string of the molecule is COc1c(CC(=O)O)ccc(C=Nc2ccc(C)c(Cl)c2)c1[N+](=O)[O-]. The first-order valence-electron chi connectivity index (χ1n) is 7.19. The monoisotopic (exact) mass is 362 g/mol. The van der Waals surface area contributed by atoms with Crippen LogP contribution in [0.5, 0.6) is 5.75 Å². The summed E-state index contributed by atoms with van der Waals surface area (Å²) in [5.74, 6) is -1.19. The average Bonchev–Trinajstić information content (AvgIpc) is 2.55. The van der Waals surface area contributed by atoms with E-state index in [1.165, 1.54) is 25.5 Å². The Kier molecular flexibility index (Phi) is 5.71. The van der Waals surface area contributed by atoms with Crippen LogP contribution in [0.1, 0.15) is 16.7 Å². The number of carboxylic acid groups (broad SMARTS) is 1. The summed E-state index contributed by atoms with van der Waals surface area (Å²) >= 11 is 6.04. The van der Waals surface area contributed by atoms with E-state index >= 15 is 0 Å². The number of benzene rings is 2. The van der Waals surface area contributed by atoms with Crippen LogP contribution in [-0.4, -0.2) is 29.3 Å². The number of carbonyl (C=O) groups is 1. The zero-order valence-corrected chi connectivity index (χ0v) is 14.3. The molecule has 0 aliphatic rings. The molecule has 0 spiro atoms. The van der Waals surface area contributed by atoms with Crippen molar-refractivity contribution in [3.63, 3.8) is 0 Å². The topological polar surface area (TPSA) is 102 Å². The second-order valence-electron chi connectivity index (χ2n) is 5.22. The number of hydrogen-bond acceptors (Lipinski definition) is 5. The predicted octanol–water partition coefficient (Wildman–Crippen LogP) is 3.94. The number of hydrogen-bond donors (Lipinski definition) is 1. The molecular weight excluding hydrogens is 348 g/mol. The zero-order valence-electron chi connectivity index (χ0n) is 13.5. The first kappa shape index (κ1) is 18.4. The molecule has 0 bridgehead atoms. The Hall–Kier alpha value is -2.93. The van der Waals surface area contributed by atoms with Gasteiger partial charge in [0, 0.05) is 16.8 Å². The molecule has 0 radical (unpaired) electrons. The van der Waals surface area contributed by atoms with Crippen LogP contribution in [0.2, 0.25) is 5.02 Å². The van der Waals surface area contributed by atoms with Gasteiger partial charge < -0.3 is 9.84 Å². The summed E-state index contributed by atoms with van der Waals surface area (Å²) in [5.41, 5.74) is 1.53. The van der Waals surface area contributed by atoms with E-state index in [0.29, 0.717) is 10.7 Å². The maximum Gasteiger partial charge on any atom is 0.319 e. The lowest BCUT2D eigenvalue weighted by molar-refractivity contribution is -0.385. The molecule has 0 saturated heterocycles.